The Labute approximate surface area is 169 Å². The van der Waals surface area contributed by atoms with Gasteiger partial charge in [-0.25, -0.2) is 9.97 Å². The number of rotatable bonds is 7. The minimum absolute atomic E-state index is 0.115. The van der Waals surface area contributed by atoms with Crippen LogP contribution in [0.3, 0.4) is 0 Å². The highest BCUT2D eigenvalue weighted by molar-refractivity contribution is 5.89. The van der Waals surface area contributed by atoms with Crippen LogP contribution in [0.25, 0.3) is 11.3 Å². The van der Waals surface area contributed by atoms with Gasteiger partial charge < -0.3 is 19.4 Å². The Bertz CT molecular complexity index is 945. The van der Waals surface area contributed by atoms with E-state index in [1.807, 2.05) is 42.6 Å². The van der Waals surface area contributed by atoms with Crippen LogP contribution in [0.4, 0.5) is 11.5 Å². The van der Waals surface area contributed by atoms with Crippen LogP contribution in [0, 0.1) is 0 Å². The molecule has 1 aliphatic rings. The quantitative estimate of drug-likeness (QED) is 0.656. The second kappa shape index (κ2) is 8.77. The molecule has 1 saturated heterocycles. The summed E-state index contributed by atoms with van der Waals surface area (Å²) < 4.78 is 10.9. The monoisotopic (exact) mass is 392 g/mol. The number of amides is 1. The molecule has 3 heterocycles. The minimum Gasteiger partial charge on any atom is -0.497 e. The van der Waals surface area contributed by atoms with Crippen molar-refractivity contribution < 1.29 is 13.9 Å². The Balaban J connectivity index is 1.28. The number of carbonyl (C=O) groups is 1. The highest BCUT2D eigenvalue weighted by atomic mass is 16.5. The first kappa shape index (κ1) is 19.0. The molecular weight excluding hydrogens is 368 g/mol. The van der Waals surface area contributed by atoms with Crippen LogP contribution < -0.4 is 15.0 Å². The zero-order chi connectivity index (χ0) is 20.1. The number of aromatic nitrogens is 2. The van der Waals surface area contributed by atoms with Crippen LogP contribution in [0.1, 0.15) is 25.2 Å². The van der Waals surface area contributed by atoms with Crippen molar-refractivity contribution in [3.05, 3.63) is 54.7 Å². The number of oxazole rings is 1. The third-order valence-corrected chi connectivity index (χ3v) is 4.98. The van der Waals surface area contributed by atoms with Crippen LogP contribution >= 0.6 is 0 Å². The van der Waals surface area contributed by atoms with Gasteiger partial charge in [0.1, 0.15) is 11.6 Å². The second-order valence-corrected chi connectivity index (χ2v) is 6.99. The highest BCUT2D eigenvalue weighted by Gasteiger charge is 2.13. The van der Waals surface area contributed by atoms with Crippen molar-refractivity contribution in [1.82, 2.24) is 9.97 Å². The van der Waals surface area contributed by atoms with Gasteiger partial charge in [-0.15, -0.1) is 0 Å². The van der Waals surface area contributed by atoms with E-state index in [-0.39, 0.29) is 12.3 Å². The standard InChI is InChI=1S/C22H24N4O3/c1-28-18-7-4-16(5-8-18)19-15-24-22(29-19)11-10-21(27)25-20-9-6-17(14-23-20)26-12-2-3-13-26/h4-9,14-15H,2-3,10-13H2,1H3,(H,23,25,27). The molecule has 1 aliphatic heterocycles. The van der Waals surface area contributed by atoms with Gasteiger partial charge in [-0.05, 0) is 49.2 Å². The first-order valence-electron chi connectivity index (χ1n) is 9.81. The molecule has 1 amide bonds. The number of nitrogens with one attached hydrogen (secondary N) is 1. The highest BCUT2D eigenvalue weighted by Crippen LogP contribution is 2.24. The summed E-state index contributed by atoms with van der Waals surface area (Å²) in [6, 6.07) is 11.4. The topological polar surface area (TPSA) is 80.5 Å². The largest absolute Gasteiger partial charge is 0.497 e. The van der Waals surface area contributed by atoms with E-state index < -0.39 is 0 Å². The molecule has 7 nitrogen and oxygen atoms in total. The van der Waals surface area contributed by atoms with E-state index in [0.29, 0.717) is 23.9 Å². The smallest absolute Gasteiger partial charge is 0.226 e. The number of pyridine rings is 1. The maximum absolute atomic E-state index is 12.2. The minimum atomic E-state index is -0.115. The maximum Gasteiger partial charge on any atom is 0.226 e. The molecule has 0 radical (unpaired) electrons. The van der Waals surface area contributed by atoms with E-state index in [2.05, 4.69) is 20.2 Å². The lowest BCUT2D eigenvalue weighted by molar-refractivity contribution is -0.116. The molecule has 4 rings (SSSR count). The van der Waals surface area contributed by atoms with Gasteiger partial charge in [-0.1, -0.05) is 0 Å². The molecule has 1 fully saturated rings. The van der Waals surface area contributed by atoms with E-state index in [9.17, 15) is 4.79 Å². The Hall–Kier alpha value is -3.35. The van der Waals surface area contributed by atoms with Gasteiger partial charge in [0.15, 0.2) is 11.7 Å². The first-order valence-corrected chi connectivity index (χ1v) is 9.81. The van der Waals surface area contributed by atoms with Crippen molar-refractivity contribution >= 4 is 17.4 Å². The summed E-state index contributed by atoms with van der Waals surface area (Å²) in [6.07, 6.45) is 6.63. The molecule has 0 saturated carbocycles. The fourth-order valence-corrected chi connectivity index (χ4v) is 3.36. The summed E-state index contributed by atoms with van der Waals surface area (Å²) in [7, 11) is 1.63. The Kier molecular flexibility index (Phi) is 5.74. The van der Waals surface area contributed by atoms with Crippen molar-refractivity contribution in [2.45, 2.75) is 25.7 Å². The molecule has 0 spiro atoms. The van der Waals surface area contributed by atoms with Crippen LogP contribution in [0.5, 0.6) is 5.75 Å². The van der Waals surface area contributed by atoms with Crippen molar-refractivity contribution in [2.75, 3.05) is 30.4 Å². The average Bonchev–Trinajstić information content (AvgIpc) is 3.45. The number of aryl methyl sites for hydroxylation is 1. The van der Waals surface area contributed by atoms with Crippen molar-refractivity contribution in [1.29, 1.82) is 0 Å². The van der Waals surface area contributed by atoms with Crippen LogP contribution in [-0.2, 0) is 11.2 Å². The zero-order valence-electron chi connectivity index (χ0n) is 16.4. The third kappa shape index (κ3) is 4.74. The summed E-state index contributed by atoms with van der Waals surface area (Å²) in [5.41, 5.74) is 2.02. The van der Waals surface area contributed by atoms with Gasteiger partial charge in [-0.2, -0.15) is 0 Å². The molecular formula is C22H24N4O3. The van der Waals surface area contributed by atoms with Crippen LogP contribution in [0.2, 0.25) is 0 Å². The molecule has 1 N–H and O–H groups in total. The van der Waals surface area contributed by atoms with Crippen LogP contribution in [0.15, 0.2) is 53.2 Å². The molecule has 3 aromatic rings. The number of ether oxygens (including phenoxy) is 1. The fraction of sp³-hybridized carbons (Fsp3) is 0.318. The van der Waals surface area contributed by atoms with E-state index in [4.69, 9.17) is 9.15 Å². The molecule has 29 heavy (non-hydrogen) atoms. The lowest BCUT2D eigenvalue weighted by Gasteiger charge is -2.17. The Morgan fingerprint density at radius 1 is 1.10 bits per heavy atom. The molecule has 2 aromatic heterocycles. The fourth-order valence-electron chi connectivity index (χ4n) is 3.36. The summed E-state index contributed by atoms with van der Waals surface area (Å²) in [4.78, 5) is 23.2. The van der Waals surface area contributed by atoms with Crippen molar-refractivity contribution in [3.63, 3.8) is 0 Å². The zero-order valence-corrected chi connectivity index (χ0v) is 16.4. The second-order valence-electron chi connectivity index (χ2n) is 6.99. The Morgan fingerprint density at radius 3 is 2.59 bits per heavy atom. The van der Waals surface area contributed by atoms with E-state index in [1.54, 1.807) is 13.3 Å². The molecule has 1 aromatic carbocycles. The van der Waals surface area contributed by atoms with Gasteiger partial charge in [0.25, 0.3) is 0 Å². The summed E-state index contributed by atoms with van der Waals surface area (Å²) in [5.74, 6) is 2.43. The summed E-state index contributed by atoms with van der Waals surface area (Å²) in [5, 5.41) is 2.83. The normalized spacial score (nSPS) is 13.5. The third-order valence-electron chi connectivity index (χ3n) is 4.98. The van der Waals surface area contributed by atoms with Gasteiger partial charge in [-0.3, -0.25) is 4.79 Å². The SMILES string of the molecule is COc1ccc(-c2cnc(CCC(=O)Nc3ccc(N4CCCC4)cn3)o2)cc1. The lowest BCUT2D eigenvalue weighted by Crippen LogP contribution is -2.18. The summed E-state index contributed by atoms with van der Waals surface area (Å²) in [6.45, 7) is 2.14. The van der Waals surface area contributed by atoms with Gasteiger partial charge in [0.05, 0.1) is 25.2 Å². The van der Waals surface area contributed by atoms with Crippen molar-refractivity contribution in [2.24, 2.45) is 0 Å². The number of carbonyl (C=O) groups excluding carboxylic acids is 1. The summed E-state index contributed by atoms with van der Waals surface area (Å²) >= 11 is 0. The number of benzene rings is 1. The van der Waals surface area contributed by atoms with E-state index >= 15 is 0 Å². The number of nitrogens with zero attached hydrogens (tertiary/aromatic N) is 3. The molecule has 0 unspecified atom stereocenters. The number of hydrogen-bond acceptors (Lipinski definition) is 6. The van der Waals surface area contributed by atoms with E-state index in [1.165, 1.54) is 12.8 Å². The lowest BCUT2D eigenvalue weighted by atomic mass is 10.2. The molecule has 0 bridgehead atoms. The average molecular weight is 392 g/mol. The maximum atomic E-state index is 12.2. The molecule has 7 heteroatoms. The number of hydrogen-bond donors (Lipinski definition) is 1. The molecule has 0 atom stereocenters. The predicted octanol–water partition coefficient (Wildman–Crippen LogP) is 3.92. The molecule has 0 aliphatic carbocycles. The van der Waals surface area contributed by atoms with Gasteiger partial charge in [0, 0.05) is 31.5 Å². The van der Waals surface area contributed by atoms with Crippen LogP contribution in [-0.4, -0.2) is 36.1 Å². The number of anilines is 2. The number of methoxy groups -OCH3 is 1. The van der Waals surface area contributed by atoms with Gasteiger partial charge in [0.2, 0.25) is 5.91 Å². The molecule has 150 valence electrons. The van der Waals surface area contributed by atoms with E-state index in [0.717, 1.165) is 30.1 Å². The Morgan fingerprint density at radius 2 is 1.90 bits per heavy atom. The van der Waals surface area contributed by atoms with Crippen molar-refractivity contribution in [3.8, 4) is 17.1 Å². The first-order chi connectivity index (χ1) is 14.2. The van der Waals surface area contributed by atoms with Gasteiger partial charge >= 0.3 is 0 Å². The predicted molar refractivity (Wildman–Crippen MR) is 111 cm³/mol.